The van der Waals surface area contributed by atoms with Crippen LogP contribution >= 0.6 is 0 Å². The molecule has 1 aromatic carbocycles. The summed E-state index contributed by atoms with van der Waals surface area (Å²) in [6.07, 6.45) is 3.43. The Morgan fingerprint density at radius 1 is 1.30 bits per heavy atom. The molecule has 2 heterocycles. The van der Waals surface area contributed by atoms with Gasteiger partial charge < -0.3 is 9.67 Å². The third-order valence-corrected chi connectivity index (χ3v) is 3.28. The molecule has 100 valence electrons. The van der Waals surface area contributed by atoms with Crippen molar-refractivity contribution in [2.24, 2.45) is 0 Å². The number of rotatable bonds is 3. The molecule has 3 rings (SSSR count). The van der Waals surface area contributed by atoms with E-state index in [1.807, 2.05) is 41.8 Å². The van der Waals surface area contributed by atoms with Gasteiger partial charge in [-0.2, -0.15) is 0 Å². The highest BCUT2D eigenvalue weighted by molar-refractivity contribution is 5.87. The fourth-order valence-electron chi connectivity index (χ4n) is 2.39. The molecule has 4 heteroatoms. The summed E-state index contributed by atoms with van der Waals surface area (Å²) in [5, 5.41) is 10.1. The summed E-state index contributed by atoms with van der Waals surface area (Å²) in [7, 11) is 0. The number of para-hydroxylation sites is 1. The maximum Gasteiger partial charge on any atom is 0.337 e. The largest absolute Gasteiger partial charge is 0.478 e. The third-order valence-electron chi connectivity index (χ3n) is 3.28. The number of nitrogens with zero attached hydrogens (tertiary/aromatic N) is 2. The quantitative estimate of drug-likeness (QED) is 0.792. The van der Waals surface area contributed by atoms with Gasteiger partial charge in [0.2, 0.25) is 0 Å². The van der Waals surface area contributed by atoms with Crippen LogP contribution in [0.15, 0.2) is 48.8 Å². The Morgan fingerprint density at radius 2 is 2.10 bits per heavy atom. The first-order valence-corrected chi connectivity index (χ1v) is 6.38. The third kappa shape index (κ3) is 2.28. The highest BCUT2D eigenvalue weighted by atomic mass is 16.4. The number of hydrogen-bond donors (Lipinski definition) is 1. The topological polar surface area (TPSA) is 55.1 Å². The summed E-state index contributed by atoms with van der Waals surface area (Å²) in [5.74, 6) is -0.903. The average Bonchev–Trinajstić information content (AvgIpc) is 2.87. The van der Waals surface area contributed by atoms with Crippen molar-refractivity contribution in [1.29, 1.82) is 0 Å². The Balaban J connectivity index is 2.03. The van der Waals surface area contributed by atoms with Crippen LogP contribution in [0.5, 0.6) is 0 Å². The highest BCUT2D eigenvalue weighted by Crippen LogP contribution is 2.19. The highest BCUT2D eigenvalue weighted by Gasteiger charge is 2.07. The normalized spacial score (nSPS) is 10.8. The summed E-state index contributed by atoms with van der Waals surface area (Å²) in [4.78, 5) is 15.4. The van der Waals surface area contributed by atoms with Crippen molar-refractivity contribution in [3.05, 3.63) is 65.6 Å². The van der Waals surface area contributed by atoms with Crippen molar-refractivity contribution in [1.82, 2.24) is 9.55 Å². The molecule has 0 aliphatic heterocycles. The van der Waals surface area contributed by atoms with Crippen LogP contribution in [0.1, 0.15) is 21.6 Å². The zero-order chi connectivity index (χ0) is 14.1. The molecule has 0 spiro atoms. The first-order chi connectivity index (χ1) is 9.63. The van der Waals surface area contributed by atoms with Crippen molar-refractivity contribution in [2.75, 3.05) is 0 Å². The first-order valence-electron chi connectivity index (χ1n) is 6.38. The van der Waals surface area contributed by atoms with E-state index in [4.69, 9.17) is 5.11 Å². The van der Waals surface area contributed by atoms with Gasteiger partial charge in [0, 0.05) is 30.0 Å². The second kappa shape index (κ2) is 4.81. The van der Waals surface area contributed by atoms with Crippen LogP contribution in [0, 0.1) is 6.92 Å². The van der Waals surface area contributed by atoms with E-state index in [0.717, 1.165) is 22.2 Å². The lowest BCUT2D eigenvalue weighted by Crippen LogP contribution is -2.00. The monoisotopic (exact) mass is 266 g/mol. The van der Waals surface area contributed by atoms with Gasteiger partial charge in [-0.15, -0.1) is 0 Å². The SMILES string of the molecule is Cc1cc(Cn2ccc(C(=O)O)c2)c2ccccc2n1. The van der Waals surface area contributed by atoms with Crippen LogP contribution in [0.2, 0.25) is 0 Å². The number of hydrogen-bond acceptors (Lipinski definition) is 2. The summed E-state index contributed by atoms with van der Waals surface area (Å²) in [6.45, 7) is 2.60. The molecule has 0 radical (unpaired) electrons. The number of carboxylic acids is 1. The van der Waals surface area contributed by atoms with E-state index in [0.29, 0.717) is 12.1 Å². The minimum absolute atomic E-state index is 0.306. The number of carbonyl (C=O) groups is 1. The van der Waals surface area contributed by atoms with Crippen LogP contribution < -0.4 is 0 Å². The van der Waals surface area contributed by atoms with E-state index < -0.39 is 5.97 Å². The van der Waals surface area contributed by atoms with Crippen LogP contribution in [0.4, 0.5) is 0 Å². The molecule has 3 aromatic rings. The lowest BCUT2D eigenvalue weighted by atomic mass is 10.1. The Kier molecular flexibility index (Phi) is 2.99. The Bertz CT molecular complexity index is 790. The molecule has 1 N–H and O–H groups in total. The van der Waals surface area contributed by atoms with E-state index >= 15 is 0 Å². The molecule has 0 aliphatic rings. The molecular weight excluding hydrogens is 252 g/mol. The Morgan fingerprint density at radius 3 is 2.85 bits per heavy atom. The number of aryl methyl sites for hydroxylation is 1. The fraction of sp³-hybridized carbons (Fsp3) is 0.125. The van der Waals surface area contributed by atoms with Crippen molar-refractivity contribution in [2.45, 2.75) is 13.5 Å². The summed E-state index contributed by atoms with van der Waals surface area (Å²) >= 11 is 0. The van der Waals surface area contributed by atoms with Gasteiger partial charge >= 0.3 is 5.97 Å². The molecule has 0 saturated heterocycles. The molecule has 4 nitrogen and oxygen atoms in total. The molecule has 0 fully saturated rings. The summed E-state index contributed by atoms with van der Waals surface area (Å²) in [5.41, 5.74) is 3.37. The van der Waals surface area contributed by atoms with Crippen molar-refractivity contribution < 1.29 is 9.90 Å². The minimum atomic E-state index is -0.903. The number of pyridine rings is 1. The molecule has 0 amide bonds. The zero-order valence-corrected chi connectivity index (χ0v) is 11.1. The molecule has 0 bridgehead atoms. The number of fused-ring (bicyclic) bond motifs is 1. The van der Waals surface area contributed by atoms with Gasteiger partial charge in [-0.3, -0.25) is 4.98 Å². The van der Waals surface area contributed by atoms with Gasteiger partial charge in [0.05, 0.1) is 11.1 Å². The molecule has 0 unspecified atom stereocenters. The molecule has 0 aliphatic carbocycles. The van der Waals surface area contributed by atoms with E-state index in [-0.39, 0.29) is 0 Å². The van der Waals surface area contributed by atoms with Crippen molar-refractivity contribution >= 4 is 16.9 Å². The van der Waals surface area contributed by atoms with Crippen LogP contribution in [0.25, 0.3) is 10.9 Å². The van der Waals surface area contributed by atoms with Crippen molar-refractivity contribution in [3.63, 3.8) is 0 Å². The molecule has 0 saturated carbocycles. The zero-order valence-electron chi connectivity index (χ0n) is 11.1. The Labute approximate surface area is 116 Å². The van der Waals surface area contributed by atoms with Gasteiger partial charge in [0.15, 0.2) is 0 Å². The molecule has 20 heavy (non-hydrogen) atoms. The van der Waals surface area contributed by atoms with Crippen LogP contribution in [0.3, 0.4) is 0 Å². The molecule has 2 aromatic heterocycles. The first kappa shape index (κ1) is 12.4. The van der Waals surface area contributed by atoms with E-state index in [1.165, 1.54) is 0 Å². The Hall–Kier alpha value is -2.62. The van der Waals surface area contributed by atoms with Gasteiger partial charge in [0.1, 0.15) is 0 Å². The number of aromatic nitrogens is 2. The lowest BCUT2D eigenvalue weighted by molar-refractivity contribution is 0.0697. The predicted octanol–water partition coefficient (Wildman–Crippen LogP) is 3.09. The van der Waals surface area contributed by atoms with E-state index in [1.54, 1.807) is 18.5 Å². The van der Waals surface area contributed by atoms with Gasteiger partial charge in [-0.25, -0.2) is 4.79 Å². The molecule has 0 atom stereocenters. The predicted molar refractivity (Wildman–Crippen MR) is 77.0 cm³/mol. The van der Waals surface area contributed by atoms with Gasteiger partial charge in [-0.1, -0.05) is 18.2 Å². The maximum atomic E-state index is 10.9. The van der Waals surface area contributed by atoms with Crippen LogP contribution in [-0.4, -0.2) is 20.6 Å². The number of aromatic carboxylic acids is 1. The van der Waals surface area contributed by atoms with Crippen molar-refractivity contribution in [3.8, 4) is 0 Å². The molecular formula is C16H14N2O2. The second-order valence-electron chi connectivity index (χ2n) is 4.82. The lowest BCUT2D eigenvalue weighted by Gasteiger charge is -2.08. The number of benzene rings is 1. The average molecular weight is 266 g/mol. The van der Waals surface area contributed by atoms with Crippen LogP contribution in [-0.2, 0) is 6.54 Å². The summed E-state index contributed by atoms with van der Waals surface area (Å²) in [6, 6.07) is 11.6. The minimum Gasteiger partial charge on any atom is -0.478 e. The maximum absolute atomic E-state index is 10.9. The summed E-state index contributed by atoms with van der Waals surface area (Å²) < 4.78 is 1.88. The fourth-order valence-corrected chi connectivity index (χ4v) is 2.39. The second-order valence-corrected chi connectivity index (χ2v) is 4.82. The van der Waals surface area contributed by atoms with Gasteiger partial charge in [0.25, 0.3) is 0 Å². The number of carboxylic acid groups (broad SMARTS) is 1. The van der Waals surface area contributed by atoms with Gasteiger partial charge in [-0.05, 0) is 30.7 Å². The smallest absolute Gasteiger partial charge is 0.337 e. The van der Waals surface area contributed by atoms with E-state index in [2.05, 4.69) is 4.98 Å². The van der Waals surface area contributed by atoms with E-state index in [9.17, 15) is 4.79 Å². The standard InChI is InChI=1S/C16H14N2O2/c1-11-8-13(14-4-2-3-5-15(14)17-11)10-18-7-6-12(9-18)16(19)20/h2-9H,10H2,1H3,(H,19,20).